The maximum absolute atomic E-state index is 12.1. The summed E-state index contributed by atoms with van der Waals surface area (Å²) in [6, 6.07) is 4.06. The number of nitrogens with zero attached hydrogens (tertiary/aromatic N) is 1. The zero-order valence-electron chi connectivity index (χ0n) is 10.7. The monoisotopic (exact) mass is 251 g/mol. The summed E-state index contributed by atoms with van der Waals surface area (Å²) in [5.41, 5.74) is 0. The molecule has 0 aliphatic carbocycles. The molecule has 3 heteroatoms. The summed E-state index contributed by atoms with van der Waals surface area (Å²) in [5.74, 6) is 1.12. The van der Waals surface area contributed by atoms with Crippen LogP contribution in [0.4, 0.5) is 0 Å². The van der Waals surface area contributed by atoms with Crippen LogP contribution in [0.3, 0.4) is 0 Å². The second kappa shape index (κ2) is 5.78. The van der Waals surface area contributed by atoms with Gasteiger partial charge in [-0.05, 0) is 50.4 Å². The van der Waals surface area contributed by atoms with E-state index in [2.05, 4.69) is 24.8 Å². The van der Waals surface area contributed by atoms with Gasteiger partial charge in [-0.15, -0.1) is 11.3 Å². The minimum atomic E-state index is 0.296. The zero-order chi connectivity index (χ0) is 12.3. The zero-order valence-corrected chi connectivity index (χ0v) is 11.6. The van der Waals surface area contributed by atoms with Crippen molar-refractivity contribution in [3.05, 3.63) is 21.9 Å². The van der Waals surface area contributed by atoms with E-state index < -0.39 is 0 Å². The minimum absolute atomic E-state index is 0.296. The Hall–Kier alpha value is -0.670. The third-order valence-corrected chi connectivity index (χ3v) is 4.80. The van der Waals surface area contributed by atoms with Crippen molar-refractivity contribution in [1.82, 2.24) is 4.90 Å². The lowest BCUT2D eigenvalue weighted by Gasteiger charge is -2.29. The van der Waals surface area contributed by atoms with Gasteiger partial charge in [-0.3, -0.25) is 9.69 Å². The van der Waals surface area contributed by atoms with Gasteiger partial charge in [-0.25, -0.2) is 0 Å². The molecule has 1 aromatic heterocycles. The largest absolute Gasteiger partial charge is 0.296 e. The third kappa shape index (κ3) is 3.39. The highest BCUT2D eigenvalue weighted by atomic mass is 32.1. The van der Waals surface area contributed by atoms with Crippen molar-refractivity contribution in [1.29, 1.82) is 0 Å². The van der Waals surface area contributed by atoms with Crippen LogP contribution in [0.5, 0.6) is 0 Å². The number of rotatable bonds is 4. The molecule has 1 aliphatic heterocycles. The summed E-state index contributed by atoms with van der Waals surface area (Å²) in [6.45, 7) is 7.20. The first-order chi connectivity index (χ1) is 8.19. The molecule has 0 spiro atoms. The first-order valence-corrected chi connectivity index (χ1v) is 7.35. The molecule has 0 aromatic carbocycles. The summed E-state index contributed by atoms with van der Waals surface area (Å²) in [7, 11) is 0. The molecule has 1 aromatic rings. The summed E-state index contributed by atoms with van der Waals surface area (Å²) in [4.78, 5) is 16.6. The van der Waals surface area contributed by atoms with Crippen molar-refractivity contribution in [2.45, 2.75) is 33.1 Å². The first kappa shape index (κ1) is 12.8. The number of piperidine rings is 1. The summed E-state index contributed by atoms with van der Waals surface area (Å²) in [5, 5.41) is 0. The standard InChI is InChI=1S/C14H21NOS/c1-3-12-4-5-14(17-12)13(16)10-15-8-6-11(2)7-9-15/h4-5,11H,3,6-10H2,1-2H3. The number of carbonyl (C=O) groups excluding carboxylic acids is 1. The average molecular weight is 251 g/mol. The number of likely N-dealkylation sites (tertiary alicyclic amines) is 1. The van der Waals surface area contributed by atoms with Crippen LogP contribution in [0.15, 0.2) is 12.1 Å². The number of hydrogen-bond donors (Lipinski definition) is 0. The molecular weight excluding hydrogens is 230 g/mol. The van der Waals surface area contributed by atoms with Crippen LogP contribution in [0.2, 0.25) is 0 Å². The molecule has 0 saturated carbocycles. The number of carbonyl (C=O) groups is 1. The fourth-order valence-electron chi connectivity index (χ4n) is 2.22. The highest BCUT2D eigenvalue weighted by Crippen LogP contribution is 2.20. The lowest BCUT2D eigenvalue weighted by molar-refractivity contribution is 0.0904. The number of hydrogen-bond acceptors (Lipinski definition) is 3. The molecule has 0 bridgehead atoms. The van der Waals surface area contributed by atoms with E-state index in [1.807, 2.05) is 6.07 Å². The molecule has 17 heavy (non-hydrogen) atoms. The normalized spacial score (nSPS) is 18.5. The van der Waals surface area contributed by atoms with Crippen LogP contribution >= 0.6 is 11.3 Å². The Balaban J connectivity index is 1.88. The average Bonchev–Trinajstić information content (AvgIpc) is 2.81. The molecule has 2 rings (SSSR count). The molecular formula is C14H21NOS. The predicted octanol–water partition coefficient (Wildman–Crippen LogP) is 3.23. The van der Waals surface area contributed by atoms with E-state index in [0.29, 0.717) is 12.3 Å². The lowest BCUT2D eigenvalue weighted by atomic mass is 9.99. The summed E-state index contributed by atoms with van der Waals surface area (Å²) in [6.07, 6.45) is 3.50. The fourth-order valence-corrected chi connectivity index (χ4v) is 3.10. The third-order valence-electron chi connectivity index (χ3n) is 3.53. The van der Waals surface area contributed by atoms with Crippen molar-refractivity contribution < 1.29 is 4.79 Å². The van der Waals surface area contributed by atoms with Crippen LogP contribution in [0.25, 0.3) is 0 Å². The van der Waals surface area contributed by atoms with Gasteiger partial charge in [0.15, 0.2) is 5.78 Å². The SMILES string of the molecule is CCc1ccc(C(=O)CN2CCC(C)CC2)s1. The van der Waals surface area contributed by atoms with Gasteiger partial charge in [-0.2, -0.15) is 0 Å². The highest BCUT2D eigenvalue weighted by molar-refractivity contribution is 7.14. The molecule has 94 valence electrons. The topological polar surface area (TPSA) is 20.3 Å². The van der Waals surface area contributed by atoms with Crippen LogP contribution in [-0.2, 0) is 6.42 Å². The molecule has 0 atom stereocenters. The van der Waals surface area contributed by atoms with Crippen LogP contribution in [-0.4, -0.2) is 30.3 Å². The highest BCUT2D eigenvalue weighted by Gasteiger charge is 2.19. The van der Waals surface area contributed by atoms with Crippen molar-refractivity contribution >= 4 is 17.1 Å². The Morgan fingerprint density at radius 2 is 2.12 bits per heavy atom. The molecule has 0 N–H and O–H groups in total. The number of thiophene rings is 1. The Morgan fingerprint density at radius 1 is 1.41 bits per heavy atom. The van der Waals surface area contributed by atoms with E-state index >= 15 is 0 Å². The second-order valence-electron chi connectivity index (χ2n) is 5.00. The molecule has 1 aliphatic rings. The summed E-state index contributed by atoms with van der Waals surface area (Å²) >= 11 is 1.65. The van der Waals surface area contributed by atoms with Crippen LogP contribution in [0, 0.1) is 5.92 Å². The maximum Gasteiger partial charge on any atom is 0.186 e. The van der Waals surface area contributed by atoms with Crippen molar-refractivity contribution in [2.24, 2.45) is 5.92 Å². The van der Waals surface area contributed by atoms with Crippen molar-refractivity contribution in [3.8, 4) is 0 Å². The van der Waals surface area contributed by atoms with Gasteiger partial charge in [0, 0.05) is 4.88 Å². The fraction of sp³-hybridized carbons (Fsp3) is 0.643. The van der Waals surface area contributed by atoms with E-state index in [1.54, 1.807) is 11.3 Å². The van der Waals surface area contributed by atoms with Gasteiger partial charge in [-0.1, -0.05) is 13.8 Å². The number of aryl methyl sites for hydroxylation is 1. The van der Waals surface area contributed by atoms with Gasteiger partial charge in [0.25, 0.3) is 0 Å². The van der Waals surface area contributed by atoms with Gasteiger partial charge >= 0.3 is 0 Å². The molecule has 2 nitrogen and oxygen atoms in total. The van der Waals surface area contributed by atoms with Gasteiger partial charge in [0.05, 0.1) is 11.4 Å². The Morgan fingerprint density at radius 3 is 2.71 bits per heavy atom. The van der Waals surface area contributed by atoms with E-state index in [1.165, 1.54) is 17.7 Å². The molecule has 0 unspecified atom stereocenters. The Labute approximate surface area is 108 Å². The predicted molar refractivity (Wildman–Crippen MR) is 72.9 cm³/mol. The number of ketones is 1. The smallest absolute Gasteiger partial charge is 0.186 e. The maximum atomic E-state index is 12.1. The minimum Gasteiger partial charge on any atom is -0.296 e. The summed E-state index contributed by atoms with van der Waals surface area (Å²) < 4.78 is 0. The molecule has 2 heterocycles. The Bertz CT molecular complexity index is 377. The first-order valence-electron chi connectivity index (χ1n) is 6.53. The van der Waals surface area contributed by atoms with Gasteiger partial charge < -0.3 is 0 Å². The van der Waals surface area contributed by atoms with E-state index in [4.69, 9.17) is 0 Å². The molecule has 1 fully saturated rings. The van der Waals surface area contributed by atoms with E-state index in [9.17, 15) is 4.79 Å². The van der Waals surface area contributed by atoms with Crippen molar-refractivity contribution in [3.63, 3.8) is 0 Å². The second-order valence-corrected chi connectivity index (χ2v) is 6.17. The Kier molecular flexibility index (Phi) is 4.35. The van der Waals surface area contributed by atoms with E-state index in [0.717, 1.165) is 30.3 Å². The van der Waals surface area contributed by atoms with E-state index in [-0.39, 0.29) is 0 Å². The molecule has 0 radical (unpaired) electrons. The lowest BCUT2D eigenvalue weighted by Crippen LogP contribution is -2.36. The molecule has 1 saturated heterocycles. The quantitative estimate of drug-likeness (QED) is 0.766. The van der Waals surface area contributed by atoms with Gasteiger partial charge in [0.2, 0.25) is 0 Å². The van der Waals surface area contributed by atoms with Gasteiger partial charge in [0.1, 0.15) is 0 Å². The molecule has 0 amide bonds. The van der Waals surface area contributed by atoms with Crippen molar-refractivity contribution in [2.75, 3.05) is 19.6 Å². The van der Waals surface area contributed by atoms with Crippen LogP contribution in [0.1, 0.15) is 41.2 Å². The number of Topliss-reactive ketones (excluding diaryl/α,β-unsaturated/α-hetero) is 1. The van der Waals surface area contributed by atoms with Crippen LogP contribution < -0.4 is 0 Å².